The molecule has 0 atom stereocenters. The highest BCUT2D eigenvalue weighted by atomic mass is 15.0. The van der Waals surface area contributed by atoms with Crippen LogP contribution in [0.2, 0.25) is 0 Å². The van der Waals surface area contributed by atoms with E-state index in [0.29, 0.717) is 17.5 Å². The molecule has 0 radical (unpaired) electrons. The smallest absolute Gasteiger partial charge is 0.164 e. The van der Waals surface area contributed by atoms with E-state index >= 15 is 0 Å². The van der Waals surface area contributed by atoms with Crippen LogP contribution in [0.25, 0.3) is 89.8 Å². The lowest BCUT2D eigenvalue weighted by atomic mass is 9.91. The van der Waals surface area contributed by atoms with Crippen LogP contribution in [-0.4, -0.2) is 15.0 Å². The van der Waals surface area contributed by atoms with Gasteiger partial charge in [-0.2, -0.15) is 0 Å². The maximum Gasteiger partial charge on any atom is 0.164 e. The van der Waals surface area contributed by atoms with Crippen molar-refractivity contribution in [1.82, 2.24) is 15.0 Å². The van der Waals surface area contributed by atoms with Crippen molar-refractivity contribution in [2.24, 2.45) is 0 Å². The molecule has 9 aromatic rings. The van der Waals surface area contributed by atoms with Crippen molar-refractivity contribution in [2.75, 3.05) is 0 Å². The Kier molecular flexibility index (Phi) is 8.94. The Bertz CT molecular complexity index is 2670. The average Bonchev–Trinajstić information content (AvgIpc) is 3.27. The Labute approximate surface area is 316 Å². The molecule has 0 aliphatic rings. The standard InChI is InChI=1S/C51H35N3/c1-5-16-36(17-6-1)42-24-15-25-44(34-42)50-52-49(53-51(54-50)47-27-14-13-26-45(47)38-20-9-3-10-21-38)41-30-28-40(29-31-41)46-33-32-43(37-18-7-2-8-19-37)35-48(46)39-22-11-4-12-23-39/h1-35H. The molecule has 0 unspecified atom stereocenters. The van der Waals surface area contributed by atoms with Crippen LogP contribution in [0.3, 0.4) is 0 Å². The predicted octanol–water partition coefficient (Wildman–Crippen LogP) is 13.2. The van der Waals surface area contributed by atoms with Gasteiger partial charge in [-0.25, -0.2) is 15.0 Å². The molecule has 3 nitrogen and oxygen atoms in total. The molecule has 0 N–H and O–H groups in total. The van der Waals surface area contributed by atoms with Gasteiger partial charge in [0.05, 0.1) is 0 Å². The van der Waals surface area contributed by atoms with Crippen molar-refractivity contribution in [3.8, 4) is 89.8 Å². The molecule has 8 aromatic carbocycles. The number of hydrogen-bond donors (Lipinski definition) is 0. The number of hydrogen-bond acceptors (Lipinski definition) is 3. The van der Waals surface area contributed by atoms with E-state index in [-0.39, 0.29) is 0 Å². The molecule has 3 heteroatoms. The normalized spacial score (nSPS) is 11.0. The molecule has 0 fully saturated rings. The minimum Gasteiger partial charge on any atom is -0.208 e. The van der Waals surface area contributed by atoms with E-state index in [0.717, 1.165) is 44.5 Å². The van der Waals surface area contributed by atoms with Crippen molar-refractivity contribution in [3.05, 3.63) is 212 Å². The molecule has 254 valence electrons. The first kappa shape index (κ1) is 32.7. The van der Waals surface area contributed by atoms with Crippen LogP contribution in [0.5, 0.6) is 0 Å². The molecule has 1 heterocycles. The Morgan fingerprint density at radius 2 is 0.556 bits per heavy atom. The van der Waals surface area contributed by atoms with Gasteiger partial charge in [-0.05, 0) is 67.8 Å². The van der Waals surface area contributed by atoms with E-state index in [4.69, 9.17) is 15.0 Å². The summed E-state index contributed by atoms with van der Waals surface area (Å²) in [4.78, 5) is 15.4. The molecule has 0 aliphatic carbocycles. The van der Waals surface area contributed by atoms with Gasteiger partial charge in [0.1, 0.15) is 0 Å². The third-order valence-corrected chi connectivity index (χ3v) is 9.78. The fraction of sp³-hybridized carbons (Fsp3) is 0. The second-order valence-corrected chi connectivity index (χ2v) is 13.2. The first-order valence-corrected chi connectivity index (χ1v) is 18.2. The Morgan fingerprint density at radius 1 is 0.185 bits per heavy atom. The summed E-state index contributed by atoms with van der Waals surface area (Å²) in [7, 11) is 0. The molecule has 54 heavy (non-hydrogen) atoms. The second-order valence-electron chi connectivity index (χ2n) is 13.2. The highest BCUT2D eigenvalue weighted by molar-refractivity contribution is 5.88. The summed E-state index contributed by atoms with van der Waals surface area (Å²) in [5.41, 5.74) is 14.3. The summed E-state index contributed by atoms with van der Waals surface area (Å²) < 4.78 is 0. The van der Waals surface area contributed by atoms with Gasteiger partial charge in [0.25, 0.3) is 0 Å². The van der Waals surface area contributed by atoms with Crippen molar-refractivity contribution in [3.63, 3.8) is 0 Å². The Hall–Kier alpha value is -7.23. The highest BCUT2D eigenvalue weighted by Crippen LogP contribution is 2.37. The third-order valence-electron chi connectivity index (χ3n) is 9.78. The van der Waals surface area contributed by atoms with Gasteiger partial charge in [0.15, 0.2) is 17.5 Å². The van der Waals surface area contributed by atoms with Gasteiger partial charge in [-0.1, -0.05) is 200 Å². The maximum absolute atomic E-state index is 5.16. The molecular weight excluding hydrogens is 655 g/mol. The lowest BCUT2D eigenvalue weighted by Gasteiger charge is -2.14. The first-order chi connectivity index (χ1) is 26.8. The van der Waals surface area contributed by atoms with Gasteiger partial charge in [-0.3, -0.25) is 0 Å². The minimum absolute atomic E-state index is 0.622. The molecule has 0 saturated carbocycles. The van der Waals surface area contributed by atoms with Crippen LogP contribution in [0.4, 0.5) is 0 Å². The van der Waals surface area contributed by atoms with Gasteiger partial charge >= 0.3 is 0 Å². The summed E-state index contributed by atoms with van der Waals surface area (Å²) in [5, 5.41) is 0. The lowest BCUT2D eigenvalue weighted by Crippen LogP contribution is -2.01. The Balaban J connectivity index is 1.16. The largest absolute Gasteiger partial charge is 0.208 e. The van der Waals surface area contributed by atoms with E-state index < -0.39 is 0 Å². The number of aromatic nitrogens is 3. The summed E-state index contributed by atoms with van der Waals surface area (Å²) in [6.45, 7) is 0. The quantitative estimate of drug-likeness (QED) is 0.159. The monoisotopic (exact) mass is 689 g/mol. The summed E-state index contributed by atoms with van der Waals surface area (Å²) in [6.07, 6.45) is 0. The molecule has 0 aliphatic heterocycles. The van der Waals surface area contributed by atoms with Crippen molar-refractivity contribution in [2.45, 2.75) is 0 Å². The molecule has 0 amide bonds. The van der Waals surface area contributed by atoms with Gasteiger partial charge < -0.3 is 0 Å². The zero-order valence-corrected chi connectivity index (χ0v) is 29.5. The maximum atomic E-state index is 5.16. The number of rotatable bonds is 8. The molecule has 0 saturated heterocycles. The molecule has 1 aromatic heterocycles. The van der Waals surface area contributed by atoms with E-state index in [1.54, 1.807) is 0 Å². The lowest BCUT2D eigenvalue weighted by molar-refractivity contribution is 1.07. The fourth-order valence-corrected chi connectivity index (χ4v) is 7.03. The summed E-state index contributed by atoms with van der Waals surface area (Å²) in [5.74, 6) is 1.88. The highest BCUT2D eigenvalue weighted by Gasteiger charge is 2.17. The molecular formula is C51H35N3. The van der Waals surface area contributed by atoms with E-state index in [2.05, 4.69) is 194 Å². The number of benzene rings is 8. The fourth-order valence-electron chi connectivity index (χ4n) is 7.03. The molecule has 9 rings (SSSR count). The van der Waals surface area contributed by atoms with E-state index in [1.807, 2.05) is 18.2 Å². The average molecular weight is 690 g/mol. The van der Waals surface area contributed by atoms with Crippen LogP contribution in [0.1, 0.15) is 0 Å². The molecule has 0 spiro atoms. The second kappa shape index (κ2) is 14.8. The predicted molar refractivity (Wildman–Crippen MR) is 223 cm³/mol. The van der Waals surface area contributed by atoms with Crippen molar-refractivity contribution >= 4 is 0 Å². The minimum atomic E-state index is 0.622. The SMILES string of the molecule is c1ccc(-c2cccc(-c3nc(-c4ccc(-c5ccc(-c6ccccc6)cc5-c5ccccc5)cc4)nc(-c4ccccc4-c4ccccc4)n3)c2)cc1. The first-order valence-electron chi connectivity index (χ1n) is 18.2. The van der Waals surface area contributed by atoms with Gasteiger partial charge in [-0.15, -0.1) is 0 Å². The summed E-state index contributed by atoms with van der Waals surface area (Å²) in [6, 6.07) is 74.1. The van der Waals surface area contributed by atoms with E-state index in [9.17, 15) is 0 Å². The van der Waals surface area contributed by atoms with Crippen LogP contribution < -0.4 is 0 Å². The van der Waals surface area contributed by atoms with Crippen LogP contribution in [-0.2, 0) is 0 Å². The van der Waals surface area contributed by atoms with Crippen LogP contribution >= 0.6 is 0 Å². The molecule has 0 bridgehead atoms. The zero-order valence-electron chi connectivity index (χ0n) is 29.5. The third kappa shape index (κ3) is 6.74. The summed E-state index contributed by atoms with van der Waals surface area (Å²) >= 11 is 0. The van der Waals surface area contributed by atoms with Crippen LogP contribution in [0.15, 0.2) is 212 Å². The van der Waals surface area contributed by atoms with Gasteiger partial charge in [0.2, 0.25) is 0 Å². The van der Waals surface area contributed by atoms with Crippen molar-refractivity contribution in [1.29, 1.82) is 0 Å². The Morgan fingerprint density at radius 3 is 1.17 bits per heavy atom. The number of nitrogens with zero attached hydrogens (tertiary/aromatic N) is 3. The van der Waals surface area contributed by atoms with E-state index in [1.165, 1.54) is 27.8 Å². The van der Waals surface area contributed by atoms with Crippen molar-refractivity contribution < 1.29 is 0 Å². The van der Waals surface area contributed by atoms with Crippen LogP contribution in [0, 0.1) is 0 Å². The zero-order chi connectivity index (χ0) is 36.1. The topological polar surface area (TPSA) is 38.7 Å². The van der Waals surface area contributed by atoms with Gasteiger partial charge in [0, 0.05) is 16.7 Å².